The molecule has 4 rings (SSSR count). The number of anilines is 1. The minimum absolute atomic E-state index is 0. The van der Waals surface area contributed by atoms with E-state index in [4.69, 9.17) is 17.3 Å². The number of imidazole rings is 1. The van der Waals surface area contributed by atoms with Crippen molar-refractivity contribution in [3.8, 4) is 0 Å². The van der Waals surface area contributed by atoms with Gasteiger partial charge in [0.05, 0.1) is 28.8 Å². The summed E-state index contributed by atoms with van der Waals surface area (Å²) in [7, 11) is 0. The summed E-state index contributed by atoms with van der Waals surface area (Å²) >= 11 is 5.85. The molecule has 0 spiro atoms. The first-order valence-corrected chi connectivity index (χ1v) is 8.96. The quantitative estimate of drug-likeness (QED) is 0.613. The van der Waals surface area contributed by atoms with E-state index < -0.39 is 30.0 Å². The smallest absolute Gasteiger partial charge is 0.266 e. The number of fused-ring (bicyclic) bond motifs is 1. The Morgan fingerprint density at radius 2 is 2.00 bits per heavy atom. The monoisotopic (exact) mass is 449 g/mol. The first kappa shape index (κ1) is 21.6. The van der Waals surface area contributed by atoms with Crippen LogP contribution in [0.2, 0.25) is 5.02 Å². The fourth-order valence-electron chi connectivity index (χ4n) is 3.31. The number of piperidine rings is 1. The molecule has 1 aliphatic rings. The standard InChI is InChI=1S/C18H16ClF4N5.ClH/c19-10-1-2-12(25-7-10)8-28-14-6-11(20)5-13(21)16(14)26-17(28)27-4-3-18(22,23)15(24)9-27;/h1-2,5-7,15H,3-4,8-9,24H2;1H/t15-;/m1./s1. The molecule has 3 heterocycles. The first-order valence-electron chi connectivity index (χ1n) is 8.58. The third kappa shape index (κ3) is 4.12. The van der Waals surface area contributed by atoms with Crippen LogP contribution < -0.4 is 10.6 Å². The molecule has 29 heavy (non-hydrogen) atoms. The molecule has 0 aliphatic carbocycles. The molecule has 1 aromatic carbocycles. The lowest BCUT2D eigenvalue weighted by Gasteiger charge is -2.37. The Kier molecular flexibility index (Phi) is 5.93. The van der Waals surface area contributed by atoms with Gasteiger partial charge in [-0.05, 0) is 12.1 Å². The predicted molar refractivity (Wildman–Crippen MR) is 105 cm³/mol. The number of hydrogen-bond acceptors (Lipinski definition) is 4. The molecule has 1 saturated heterocycles. The maximum Gasteiger partial charge on any atom is 0.266 e. The van der Waals surface area contributed by atoms with Gasteiger partial charge in [0.2, 0.25) is 5.95 Å². The second-order valence-corrected chi connectivity index (χ2v) is 7.22. The van der Waals surface area contributed by atoms with Crippen LogP contribution in [0.5, 0.6) is 0 Å². The van der Waals surface area contributed by atoms with Gasteiger partial charge in [0, 0.05) is 37.8 Å². The van der Waals surface area contributed by atoms with E-state index in [9.17, 15) is 17.6 Å². The van der Waals surface area contributed by atoms with E-state index in [-0.39, 0.29) is 49.0 Å². The topological polar surface area (TPSA) is 60.0 Å². The molecular formula is C18H17Cl2F4N5. The van der Waals surface area contributed by atoms with E-state index in [1.54, 1.807) is 21.6 Å². The molecule has 2 N–H and O–H groups in total. The van der Waals surface area contributed by atoms with Crippen LogP contribution in [0.25, 0.3) is 11.0 Å². The third-order valence-corrected chi connectivity index (χ3v) is 5.04. The molecule has 0 saturated carbocycles. The van der Waals surface area contributed by atoms with Gasteiger partial charge in [-0.15, -0.1) is 12.4 Å². The number of aromatic nitrogens is 3. The Labute approximate surface area is 174 Å². The Morgan fingerprint density at radius 1 is 1.24 bits per heavy atom. The van der Waals surface area contributed by atoms with Gasteiger partial charge < -0.3 is 15.2 Å². The molecule has 1 aliphatic heterocycles. The molecule has 0 unspecified atom stereocenters. The van der Waals surface area contributed by atoms with Gasteiger partial charge in [-0.1, -0.05) is 11.6 Å². The zero-order chi connectivity index (χ0) is 20.1. The molecule has 0 amide bonds. The fourth-order valence-corrected chi connectivity index (χ4v) is 3.42. The number of rotatable bonds is 3. The molecule has 2 aromatic heterocycles. The number of alkyl halides is 2. The molecule has 156 valence electrons. The highest BCUT2D eigenvalue weighted by molar-refractivity contribution is 6.30. The zero-order valence-electron chi connectivity index (χ0n) is 15.0. The zero-order valence-corrected chi connectivity index (χ0v) is 16.5. The maximum absolute atomic E-state index is 14.3. The lowest BCUT2D eigenvalue weighted by Crippen LogP contribution is -2.55. The highest BCUT2D eigenvalue weighted by Gasteiger charge is 2.42. The van der Waals surface area contributed by atoms with Crippen molar-refractivity contribution in [3.05, 3.63) is 52.8 Å². The highest BCUT2D eigenvalue weighted by Crippen LogP contribution is 2.32. The van der Waals surface area contributed by atoms with Crippen LogP contribution in [-0.2, 0) is 6.54 Å². The van der Waals surface area contributed by atoms with E-state index >= 15 is 0 Å². The summed E-state index contributed by atoms with van der Waals surface area (Å²) in [5.74, 6) is -4.33. The fraction of sp³-hybridized carbons (Fsp3) is 0.333. The van der Waals surface area contributed by atoms with Crippen molar-refractivity contribution in [2.75, 3.05) is 18.0 Å². The molecule has 1 fully saturated rings. The summed E-state index contributed by atoms with van der Waals surface area (Å²) < 4.78 is 57.2. The molecule has 0 radical (unpaired) electrons. The maximum atomic E-state index is 14.3. The Balaban J connectivity index is 0.00000240. The van der Waals surface area contributed by atoms with Crippen LogP contribution in [0.4, 0.5) is 23.5 Å². The third-order valence-electron chi connectivity index (χ3n) is 4.82. The number of nitrogens with zero attached hydrogens (tertiary/aromatic N) is 4. The van der Waals surface area contributed by atoms with Crippen LogP contribution in [0.1, 0.15) is 12.1 Å². The van der Waals surface area contributed by atoms with Gasteiger partial charge in [0.1, 0.15) is 11.3 Å². The summed E-state index contributed by atoms with van der Waals surface area (Å²) in [6, 6.07) is 3.82. The van der Waals surface area contributed by atoms with Crippen LogP contribution in [0.15, 0.2) is 30.5 Å². The first-order chi connectivity index (χ1) is 13.2. The average molecular weight is 450 g/mol. The van der Waals surface area contributed by atoms with Crippen LogP contribution in [-0.4, -0.2) is 39.6 Å². The lowest BCUT2D eigenvalue weighted by atomic mass is 10.0. The average Bonchev–Trinajstić information content (AvgIpc) is 2.98. The molecule has 5 nitrogen and oxygen atoms in total. The summed E-state index contributed by atoms with van der Waals surface area (Å²) in [4.78, 5) is 10.0. The number of benzene rings is 1. The van der Waals surface area contributed by atoms with Crippen molar-refractivity contribution in [3.63, 3.8) is 0 Å². The van der Waals surface area contributed by atoms with E-state index in [1.807, 2.05) is 0 Å². The molecule has 1 atom stereocenters. The van der Waals surface area contributed by atoms with Crippen LogP contribution in [0, 0.1) is 11.6 Å². The van der Waals surface area contributed by atoms with Crippen molar-refractivity contribution in [2.24, 2.45) is 5.73 Å². The molecule has 0 bridgehead atoms. The van der Waals surface area contributed by atoms with Crippen LogP contribution >= 0.6 is 24.0 Å². The van der Waals surface area contributed by atoms with Gasteiger partial charge >= 0.3 is 0 Å². The Hall–Kier alpha value is -2.10. The van der Waals surface area contributed by atoms with Gasteiger partial charge in [0.25, 0.3) is 5.92 Å². The van der Waals surface area contributed by atoms with Crippen molar-refractivity contribution < 1.29 is 17.6 Å². The molecular weight excluding hydrogens is 433 g/mol. The van der Waals surface area contributed by atoms with E-state index in [1.165, 1.54) is 6.20 Å². The predicted octanol–water partition coefficient (Wildman–Crippen LogP) is 4.01. The number of hydrogen-bond donors (Lipinski definition) is 1. The van der Waals surface area contributed by atoms with Crippen molar-refractivity contribution in [1.82, 2.24) is 14.5 Å². The summed E-state index contributed by atoms with van der Waals surface area (Å²) in [6.07, 6.45) is 1.00. The van der Waals surface area contributed by atoms with Crippen molar-refractivity contribution in [1.29, 1.82) is 0 Å². The number of pyridine rings is 1. The largest absolute Gasteiger partial charge is 0.340 e. The van der Waals surface area contributed by atoms with Gasteiger partial charge in [-0.25, -0.2) is 22.5 Å². The highest BCUT2D eigenvalue weighted by atomic mass is 35.5. The second kappa shape index (κ2) is 7.97. The SMILES string of the molecule is Cl.N[C@@H]1CN(c2nc3c(F)cc(F)cc3n2Cc2ccc(Cl)cn2)CCC1(F)F. The molecule has 3 aromatic rings. The van der Waals surface area contributed by atoms with Gasteiger partial charge in [-0.3, -0.25) is 4.98 Å². The summed E-state index contributed by atoms with van der Waals surface area (Å²) in [6.45, 7) is -0.0370. The Morgan fingerprint density at radius 3 is 2.66 bits per heavy atom. The Bertz CT molecular complexity index is 1030. The van der Waals surface area contributed by atoms with Crippen LogP contribution in [0.3, 0.4) is 0 Å². The lowest BCUT2D eigenvalue weighted by molar-refractivity contribution is -0.0395. The van der Waals surface area contributed by atoms with E-state index in [2.05, 4.69) is 9.97 Å². The summed E-state index contributed by atoms with van der Waals surface area (Å²) in [5.41, 5.74) is 6.35. The van der Waals surface area contributed by atoms with Gasteiger partial charge in [-0.2, -0.15) is 0 Å². The van der Waals surface area contributed by atoms with E-state index in [0.717, 1.165) is 12.1 Å². The minimum atomic E-state index is -2.98. The molecule has 11 heteroatoms. The number of nitrogens with two attached hydrogens (primary N) is 1. The minimum Gasteiger partial charge on any atom is -0.340 e. The number of halogens is 6. The van der Waals surface area contributed by atoms with Crippen molar-refractivity contribution >= 4 is 41.0 Å². The van der Waals surface area contributed by atoms with Crippen molar-refractivity contribution in [2.45, 2.75) is 24.9 Å². The summed E-state index contributed by atoms with van der Waals surface area (Å²) in [5, 5.41) is 0.445. The van der Waals surface area contributed by atoms with E-state index in [0.29, 0.717) is 10.7 Å². The second-order valence-electron chi connectivity index (χ2n) is 6.78. The normalized spacial score (nSPS) is 18.7. The van der Waals surface area contributed by atoms with Gasteiger partial charge in [0.15, 0.2) is 5.82 Å².